The molecule has 3 nitrogen and oxygen atoms in total. The van der Waals surface area contributed by atoms with Crippen LogP contribution in [0.4, 0.5) is 0 Å². The number of hydrogen-bond donors (Lipinski definition) is 1. The average Bonchev–Trinajstić information content (AvgIpc) is 2.58. The quantitative estimate of drug-likeness (QED) is 0.698. The first-order valence-electron chi connectivity index (χ1n) is 3.73. The Morgan fingerprint density at radius 2 is 2.67 bits per heavy atom. The molecule has 2 rings (SSSR count). The number of rotatable bonds is 1. The van der Waals surface area contributed by atoms with Gasteiger partial charge in [-0.05, 0) is 0 Å². The van der Waals surface area contributed by atoms with E-state index in [1.807, 2.05) is 5.38 Å². The second-order valence-electron chi connectivity index (χ2n) is 2.63. The lowest BCUT2D eigenvalue weighted by molar-refractivity contribution is -0.00983. The third-order valence-electron chi connectivity index (χ3n) is 1.78. The van der Waals surface area contributed by atoms with Gasteiger partial charge < -0.3 is 10.1 Å². The molecule has 0 spiro atoms. The van der Waals surface area contributed by atoms with Gasteiger partial charge in [0.15, 0.2) is 5.06 Å². The summed E-state index contributed by atoms with van der Waals surface area (Å²) in [5, 5.41) is 4.35. The number of halogens is 1. The van der Waals surface area contributed by atoms with Gasteiger partial charge in [0.25, 0.3) is 0 Å². The van der Waals surface area contributed by atoms with E-state index in [1.165, 1.54) is 11.3 Å². The minimum Gasteiger partial charge on any atom is -0.351 e. The van der Waals surface area contributed by atoms with Gasteiger partial charge in [-0.2, -0.15) is 0 Å². The molecule has 1 unspecified atom stereocenters. The highest BCUT2D eigenvalue weighted by Crippen LogP contribution is 2.30. The van der Waals surface area contributed by atoms with Crippen LogP contribution in [0.2, 0.25) is 0 Å². The molecule has 1 aliphatic heterocycles. The van der Waals surface area contributed by atoms with E-state index in [0.29, 0.717) is 13.2 Å². The number of ether oxygens (including phenoxy) is 1. The van der Waals surface area contributed by atoms with Crippen LogP contribution < -0.4 is 5.32 Å². The predicted octanol–water partition coefficient (Wildman–Crippen LogP) is 1.15. The monoisotopic (exact) mass is 204 g/mol. The van der Waals surface area contributed by atoms with Crippen LogP contribution in [0.3, 0.4) is 0 Å². The van der Waals surface area contributed by atoms with Crippen LogP contribution in [-0.2, 0) is 9.80 Å². The largest absolute Gasteiger partial charge is 0.351 e. The van der Waals surface area contributed by atoms with Gasteiger partial charge in [0.2, 0.25) is 0 Å². The molecule has 0 aromatic carbocycles. The Hall–Kier alpha value is -0.160. The lowest BCUT2D eigenvalue weighted by Crippen LogP contribution is -2.43. The second kappa shape index (κ2) is 3.30. The standard InChI is InChI=1S/C7H9ClN2OS/c8-7(4-9-1-2-11-7)6-3-12-5-10-6/h3,5,9H,1-2,4H2. The van der Waals surface area contributed by atoms with Crippen molar-refractivity contribution in [2.75, 3.05) is 19.7 Å². The number of hydrogen-bond acceptors (Lipinski definition) is 4. The molecule has 0 saturated carbocycles. The van der Waals surface area contributed by atoms with Crippen molar-refractivity contribution in [2.24, 2.45) is 0 Å². The van der Waals surface area contributed by atoms with Gasteiger partial charge in [-0.3, -0.25) is 0 Å². The molecule has 1 saturated heterocycles. The van der Waals surface area contributed by atoms with Crippen molar-refractivity contribution in [3.05, 3.63) is 16.6 Å². The number of nitrogens with zero attached hydrogens (tertiary/aromatic N) is 1. The van der Waals surface area contributed by atoms with E-state index in [1.54, 1.807) is 5.51 Å². The van der Waals surface area contributed by atoms with Crippen LogP contribution in [0.5, 0.6) is 0 Å². The molecule has 0 amide bonds. The fourth-order valence-electron chi connectivity index (χ4n) is 1.15. The molecule has 5 heteroatoms. The van der Waals surface area contributed by atoms with Gasteiger partial charge in [0.1, 0.15) is 0 Å². The van der Waals surface area contributed by atoms with Crippen molar-refractivity contribution < 1.29 is 4.74 Å². The predicted molar refractivity (Wildman–Crippen MR) is 48.5 cm³/mol. The third-order valence-corrected chi connectivity index (χ3v) is 2.80. The van der Waals surface area contributed by atoms with Crippen molar-refractivity contribution in [3.63, 3.8) is 0 Å². The Morgan fingerprint density at radius 3 is 3.25 bits per heavy atom. The maximum absolute atomic E-state index is 6.20. The lowest BCUT2D eigenvalue weighted by atomic mass is 10.2. The highest BCUT2D eigenvalue weighted by Gasteiger charge is 2.34. The van der Waals surface area contributed by atoms with Crippen LogP contribution >= 0.6 is 22.9 Å². The van der Waals surface area contributed by atoms with Crippen molar-refractivity contribution in [2.45, 2.75) is 5.06 Å². The molecular formula is C7H9ClN2OS. The smallest absolute Gasteiger partial charge is 0.197 e. The number of alkyl halides is 1. The van der Waals surface area contributed by atoms with Gasteiger partial charge >= 0.3 is 0 Å². The first-order chi connectivity index (χ1) is 5.81. The summed E-state index contributed by atoms with van der Waals surface area (Å²) in [5.74, 6) is 0. The zero-order valence-corrected chi connectivity index (χ0v) is 7.99. The topological polar surface area (TPSA) is 34.2 Å². The fraction of sp³-hybridized carbons (Fsp3) is 0.571. The molecule has 1 atom stereocenters. The number of morpholine rings is 1. The molecule has 0 bridgehead atoms. The normalized spacial score (nSPS) is 30.4. The van der Waals surface area contributed by atoms with Gasteiger partial charge in [-0.25, -0.2) is 4.98 Å². The Labute approximate surface area is 79.7 Å². The third kappa shape index (κ3) is 1.47. The highest BCUT2D eigenvalue weighted by atomic mass is 35.5. The van der Waals surface area contributed by atoms with Gasteiger partial charge in [-0.1, -0.05) is 11.6 Å². The molecule has 2 heterocycles. The van der Waals surface area contributed by atoms with Crippen LogP contribution in [0.25, 0.3) is 0 Å². The second-order valence-corrected chi connectivity index (χ2v) is 3.96. The summed E-state index contributed by atoms with van der Waals surface area (Å²) in [6.45, 7) is 2.12. The highest BCUT2D eigenvalue weighted by molar-refractivity contribution is 7.07. The van der Waals surface area contributed by atoms with E-state index in [-0.39, 0.29) is 0 Å². The first-order valence-corrected chi connectivity index (χ1v) is 5.06. The van der Waals surface area contributed by atoms with Crippen molar-refractivity contribution in [3.8, 4) is 0 Å². The Morgan fingerprint density at radius 1 is 1.75 bits per heavy atom. The molecule has 12 heavy (non-hydrogen) atoms. The zero-order valence-electron chi connectivity index (χ0n) is 6.42. The molecule has 1 aromatic rings. The van der Waals surface area contributed by atoms with E-state index < -0.39 is 5.06 Å². The molecule has 1 aliphatic rings. The van der Waals surface area contributed by atoms with E-state index in [0.717, 1.165) is 12.2 Å². The van der Waals surface area contributed by atoms with E-state index in [2.05, 4.69) is 10.3 Å². The maximum Gasteiger partial charge on any atom is 0.197 e. The molecule has 0 aliphatic carbocycles. The minimum atomic E-state index is -0.738. The SMILES string of the molecule is ClC1(c2cscn2)CNCCO1. The van der Waals surface area contributed by atoms with Crippen LogP contribution in [0, 0.1) is 0 Å². The molecule has 0 radical (unpaired) electrons. The Kier molecular flexibility index (Phi) is 2.32. The van der Waals surface area contributed by atoms with Crippen molar-refractivity contribution in [1.29, 1.82) is 0 Å². The Bertz CT molecular complexity index is 246. The zero-order chi connectivity index (χ0) is 8.44. The van der Waals surface area contributed by atoms with Crippen LogP contribution in [-0.4, -0.2) is 24.7 Å². The molecule has 1 N–H and O–H groups in total. The Balaban J connectivity index is 2.19. The van der Waals surface area contributed by atoms with E-state index in [4.69, 9.17) is 16.3 Å². The first kappa shape index (κ1) is 8.44. The summed E-state index contributed by atoms with van der Waals surface area (Å²) in [6, 6.07) is 0. The fourth-order valence-corrected chi connectivity index (χ4v) is 2.10. The summed E-state index contributed by atoms with van der Waals surface area (Å²) in [5.41, 5.74) is 2.57. The summed E-state index contributed by atoms with van der Waals surface area (Å²) in [6.07, 6.45) is 0. The number of nitrogens with one attached hydrogen (secondary N) is 1. The molecule has 1 aromatic heterocycles. The van der Waals surface area contributed by atoms with Crippen LogP contribution in [0.15, 0.2) is 10.9 Å². The van der Waals surface area contributed by atoms with Gasteiger partial charge in [-0.15, -0.1) is 11.3 Å². The number of aromatic nitrogens is 1. The molecular weight excluding hydrogens is 196 g/mol. The summed E-state index contributed by atoms with van der Waals surface area (Å²) in [4.78, 5) is 4.13. The minimum absolute atomic E-state index is 0.623. The van der Waals surface area contributed by atoms with Crippen LogP contribution in [0.1, 0.15) is 5.69 Å². The molecule has 1 fully saturated rings. The summed E-state index contributed by atoms with van der Waals surface area (Å²) < 4.78 is 5.46. The molecule has 66 valence electrons. The summed E-state index contributed by atoms with van der Waals surface area (Å²) in [7, 11) is 0. The van der Waals surface area contributed by atoms with Gasteiger partial charge in [0, 0.05) is 18.5 Å². The van der Waals surface area contributed by atoms with Crippen molar-refractivity contribution >= 4 is 22.9 Å². The van der Waals surface area contributed by atoms with Gasteiger partial charge in [0.05, 0.1) is 17.8 Å². The van der Waals surface area contributed by atoms with Crippen molar-refractivity contribution in [1.82, 2.24) is 10.3 Å². The number of thiazole rings is 1. The summed E-state index contributed by atoms with van der Waals surface area (Å²) >= 11 is 7.73. The van der Waals surface area contributed by atoms with E-state index in [9.17, 15) is 0 Å². The lowest BCUT2D eigenvalue weighted by Gasteiger charge is -2.30. The average molecular weight is 205 g/mol. The van der Waals surface area contributed by atoms with E-state index >= 15 is 0 Å². The maximum atomic E-state index is 6.20.